The van der Waals surface area contributed by atoms with Gasteiger partial charge >= 0.3 is 0 Å². The Kier molecular flexibility index (Phi) is 4.47. The number of ether oxygens (including phenoxy) is 1. The fourth-order valence-corrected chi connectivity index (χ4v) is 3.97. The number of amides is 1. The molecular weight excluding hydrogens is 291 g/mol. The highest BCUT2D eigenvalue weighted by Gasteiger charge is 2.31. The molecule has 114 valence electrons. The molecule has 2 heterocycles. The molecule has 2 aliphatic heterocycles. The maximum atomic E-state index is 13.8. The van der Waals surface area contributed by atoms with Crippen molar-refractivity contribution >= 4 is 17.7 Å². The molecule has 1 fully saturated rings. The number of hydrogen-bond donors (Lipinski definition) is 2. The number of morpholine rings is 1. The number of carbonyl (C=O) groups excluding carboxylic acids is 1. The average molecular weight is 310 g/mol. The molecule has 3 atom stereocenters. The van der Waals surface area contributed by atoms with E-state index in [9.17, 15) is 9.18 Å². The number of benzene rings is 1. The SMILES string of the molecule is C[C@H]1OCCN[C@@H]1C(=O)NC1CCSc2c(F)cccc21. The minimum absolute atomic E-state index is 0.0747. The zero-order chi connectivity index (χ0) is 14.8. The standard InChI is InChI=1S/C15H19FN2O2S/c1-9-13(17-6-7-20-9)15(19)18-12-5-8-21-14-10(12)3-2-4-11(14)16/h2-4,9,12-13,17H,5-8H2,1H3,(H,18,19)/t9-,12?,13+/m1/s1. The zero-order valence-electron chi connectivity index (χ0n) is 11.9. The first-order valence-electron chi connectivity index (χ1n) is 7.23. The first-order chi connectivity index (χ1) is 10.2. The van der Waals surface area contributed by atoms with Gasteiger partial charge in [0.1, 0.15) is 11.9 Å². The molecule has 0 spiro atoms. The Morgan fingerprint density at radius 2 is 2.38 bits per heavy atom. The van der Waals surface area contributed by atoms with Crippen LogP contribution in [-0.2, 0) is 9.53 Å². The molecule has 2 N–H and O–H groups in total. The molecule has 1 aromatic rings. The molecule has 0 aromatic heterocycles. The minimum Gasteiger partial charge on any atom is -0.375 e. The van der Waals surface area contributed by atoms with E-state index in [1.165, 1.54) is 17.8 Å². The van der Waals surface area contributed by atoms with Gasteiger partial charge in [0.15, 0.2) is 0 Å². The van der Waals surface area contributed by atoms with Crippen molar-refractivity contribution in [1.82, 2.24) is 10.6 Å². The second-order valence-corrected chi connectivity index (χ2v) is 6.47. The minimum atomic E-state index is -0.342. The van der Waals surface area contributed by atoms with Crippen LogP contribution in [0.4, 0.5) is 4.39 Å². The molecule has 2 aliphatic rings. The van der Waals surface area contributed by atoms with Crippen LogP contribution < -0.4 is 10.6 Å². The lowest BCUT2D eigenvalue weighted by Gasteiger charge is -2.32. The molecule has 4 nitrogen and oxygen atoms in total. The molecule has 1 unspecified atom stereocenters. The van der Waals surface area contributed by atoms with Gasteiger partial charge in [-0.3, -0.25) is 4.79 Å². The lowest BCUT2D eigenvalue weighted by molar-refractivity contribution is -0.129. The number of halogens is 1. The van der Waals surface area contributed by atoms with Crippen LogP contribution in [0.5, 0.6) is 0 Å². The largest absolute Gasteiger partial charge is 0.375 e. The van der Waals surface area contributed by atoms with Crippen molar-refractivity contribution in [2.75, 3.05) is 18.9 Å². The van der Waals surface area contributed by atoms with Crippen molar-refractivity contribution in [3.05, 3.63) is 29.6 Å². The Morgan fingerprint density at radius 1 is 1.52 bits per heavy atom. The molecular formula is C15H19FN2O2S. The number of thioether (sulfide) groups is 1. The third kappa shape index (κ3) is 3.07. The molecule has 0 bridgehead atoms. The van der Waals surface area contributed by atoms with Gasteiger partial charge in [-0.05, 0) is 25.0 Å². The predicted octanol–water partition coefficient (Wildman–Crippen LogP) is 1.86. The molecule has 21 heavy (non-hydrogen) atoms. The Labute approximate surface area is 127 Å². The molecule has 1 saturated heterocycles. The van der Waals surface area contributed by atoms with E-state index in [0.717, 1.165) is 17.7 Å². The highest BCUT2D eigenvalue weighted by Crippen LogP contribution is 2.37. The van der Waals surface area contributed by atoms with E-state index in [2.05, 4.69) is 10.6 Å². The lowest BCUT2D eigenvalue weighted by atomic mass is 10.0. The third-order valence-electron chi connectivity index (χ3n) is 3.94. The smallest absolute Gasteiger partial charge is 0.240 e. The van der Waals surface area contributed by atoms with Crippen molar-refractivity contribution in [2.24, 2.45) is 0 Å². The van der Waals surface area contributed by atoms with Crippen LogP contribution >= 0.6 is 11.8 Å². The quantitative estimate of drug-likeness (QED) is 0.875. The highest BCUT2D eigenvalue weighted by molar-refractivity contribution is 7.99. The number of hydrogen-bond acceptors (Lipinski definition) is 4. The van der Waals surface area contributed by atoms with Gasteiger partial charge in [0.2, 0.25) is 5.91 Å². The van der Waals surface area contributed by atoms with Gasteiger partial charge in [-0.2, -0.15) is 0 Å². The van der Waals surface area contributed by atoms with Gasteiger partial charge in [0.25, 0.3) is 0 Å². The Bertz CT molecular complexity index is 540. The summed E-state index contributed by atoms with van der Waals surface area (Å²) in [6.07, 6.45) is 0.665. The van der Waals surface area contributed by atoms with Gasteiger partial charge in [-0.15, -0.1) is 11.8 Å². The molecule has 0 aliphatic carbocycles. The first kappa shape index (κ1) is 14.8. The van der Waals surface area contributed by atoms with E-state index in [4.69, 9.17) is 4.74 Å². The zero-order valence-corrected chi connectivity index (χ0v) is 12.7. The Hall–Kier alpha value is -1.11. The Morgan fingerprint density at radius 3 is 3.19 bits per heavy atom. The van der Waals surface area contributed by atoms with E-state index in [0.29, 0.717) is 18.0 Å². The van der Waals surface area contributed by atoms with Crippen molar-refractivity contribution in [3.63, 3.8) is 0 Å². The van der Waals surface area contributed by atoms with Crippen LogP contribution in [-0.4, -0.2) is 37.0 Å². The molecule has 6 heteroatoms. The fraction of sp³-hybridized carbons (Fsp3) is 0.533. The monoisotopic (exact) mass is 310 g/mol. The van der Waals surface area contributed by atoms with Crippen LogP contribution in [0.2, 0.25) is 0 Å². The van der Waals surface area contributed by atoms with Gasteiger partial charge in [-0.1, -0.05) is 12.1 Å². The highest BCUT2D eigenvalue weighted by atomic mass is 32.2. The van der Waals surface area contributed by atoms with Crippen LogP contribution in [0, 0.1) is 5.82 Å². The first-order valence-corrected chi connectivity index (χ1v) is 8.22. The third-order valence-corrected chi connectivity index (χ3v) is 5.10. The summed E-state index contributed by atoms with van der Waals surface area (Å²) in [6, 6.07) is 4.59. The maximum absolute atomic E-state index is 13.8. The molecule has 1 aromatic carbocycles. The van der Waals surface area contributed by atoms with Crippen LogP contribution in [0.3, 0.4) is 0 Å². The van der Waals surface area contributed by atoms with E-state index < -0.39 is 0 Å². The Balaban J connectivity index is 1.74. The normalized spacial score (nSPS) is 28.8. The molecule has 0 radical (unpaired) electrons. The number of rotatable bonds is 2. The second kappa shape index (κ2) is 6.34. The van der Waals surface area contributed by atoms with Gasteiger partial charge in [0.05, 0.1) is 18.8 Å². The van der Waals surface area contributed by atoms with E-state index in [-0.39, 0.29) is 29.9 Å². The number of fused-ring (bicyclic) bond motifs is 1. The van der Waals surface area contributed by atoms with Crippen molar-refractivity contribution in [1.29, 1.82) is 0 Å². The summed E-state index contributed by atoms with van der Waals surface area (Å²) in [6.45, 7) is 3.19. The molecule has 1 amide bonds. The summed E-state index contributed by atoms with van der Waals surface area (Å²) in [5.41, 5.74) is 0.879. The summed E-state index contributed by atoms with van der Waals surface area (Å²) < 4.78 is 19.3. The van der Waals surface area contributed by atoms with Gasteiger partial charge < -0.3 is 15.4 Å². The van der Waals surface area contributed by atoms with Crippen LogP contribution in [0.15, 0.2) is 23.1 Å². The summed E-state index contributed by atoms with van der Waals surface area (Å²) >= 11 is 1.52. The summed E-state index contributed by atoms with van der Waals surface area (Å²) in [5, 5.41) is 6.22. The predicted molar refractivity (Wildman–Crippen MR) is 79.8 cm³/mol. The molecule has 0 saturated carbocycles. The van der Waals surface area contributed by atoms with E-state index in [1.54, 1.807) is 6.07 Å². The lowest BCUT2D eigenvalue weighted by Crippen LogP contribution is -2.56. The number of nitrogens with one attached hydrogen (secondary N) is 2. The van der Waals surface area contributed by atoms with Crippen molar-refractivity contribution < 1.29 is 13.9 Å². The van der Waals surface area contributed by atoms with Crippen LogP contribution in [0.25, 0.3) is 0 Å². The topological polar surface area (TPSA) is 50.4 Å². The second-order valence-electron chi connectivity index (χ2n) is 5.36. The summed E-state index contributed by atoms with van der Waals surface area (Å²) in [5.74, 6) is 0.529. The van der Waals surface area contributed by atoms with Gasteiger partial charge in [0, 0.05) is 17.2 Å². The summed E-state index contributed by atoms with van der Waals surface area (Å²) in [4.78, 5) is 13.1. The fourth-order valence-electron chi connectivity index (χ4n) is 2.83. The van der Waals surface area contributed by atoms with E-state index >= 15 is 0 Å². The van der Waals surface area contributed by atoms with E-state index in [1.807, 2.05) is 13.0 Å². The number of carbonyl (C=O) groups is 1. The summed E-state index contributed by atoms with van der Waals surface area (Å²) in [7, 11) is 0. The van der Waals surface area contributed by atoms with Gasteiger partial charge in [-0.25, -0.2) is 4.39 Å². The average Bonchev–Trinajstić information content (AvgIpc) is 2.49. The maximum Gasteiger partial charge on any atom is 0.240 e. The van der Waals surface area contributed by atoms with Crippen molar-refractivity contribution in [3.8, 4) is 0 Å². The van der Waals surface area contributed by atoms with Crippen LogP contribution in [0.1, 0.15) is 24.9 Å². The van der Waals surface area contributed by atoms with Crippen molar-refractivity contribution in [2.45, 2.75) is 36.4 Å². The molecule has 3 rings (SSSR count).